The number of rotatable bonds is 3. The van der Waals surface area contributed by atoms with Gasteiger partial charge in [0.1, 0.15) is 0 Å². The molecule has 0 saturated carbocycles. The smallest absolute Gasteiger partial charge is 0.240 e. The third-order valence-electron chi connectivity index (χ3n) is 3.94. The largest absolute Gasteiger partial charge is 0.372 e. The van der Waals surface area contributed by atoms with Crippen molar-refractivity contribution >= 4 is 11.8 Å². The van der Waals surface area contributed by atoms with Crippen molar-refractivity contribution in [3.63, 3.8) is 0 Å². The number of hydrogen-bond acceptors (Lipinski definition) is 4. The maximum Gasteiger partial charge on any atom is 0.240 e. The Kier molecular flexibility index (Phi) is 3.82. The number of amides is 2. The predicted molar refractivity (Wildman–Crippen MR) is 70.0 cm³/mol. The Labute approximate surface area is 113 Å². The van der Waals surface area contributed by atoms with E-state index >= 15 is 0 Å². The van der Waals surface area contributed by atoms with Crippen LogP contribution in [0, 0.1) is 5.92 Å². The minimum Gasteiger partial charge on any atom is -0.372 e. The highest BCUT2D eigenvalue weighted by Crippen LogP contribution is 2.38. The van der Waals surface area contributed by atoms with Gasteiger partial charge in [0.05, 0.1) is 24.2 Å². The maximum atomic E-state index is 12.1. The van der Waals surface area contributed by atoms with E-state index < -0.39 is 11.9 Å². The molecule has 6 nitrogen and oxygen atoms in total. The van der Waals surface area contributed by atoms with Gasteiger partial charge in [-0.1, -0.05) is 0 Å². The van der Waals surface area contributed by atoms with E-state index in [4.69, 9.17) is 16.2 Å². The summed E-state index contributed by atoms with van der Waals surface area (Å²) < 4.78 is 5.96. The van der Waals surface area contributed by atoms with Crippen molar-refractivity contribution in [3.05, 3.63) is 0 Å². The molecule has 19 heavy (non-hydrogen) atoms. The zero-order chi connectivity index (χ0) is 14.2. The molecular weight excluding hydrogens is 246 g/mol. The zero-order valence-corrected chi connectivity index (χ0v) is 11.6. The molecule has 0 aromatic rings. The summed E-state index contributed by atoms with van der Waals surface area (Å²) >= 11 is 0. The highest BCUT2D eigenvalue weighted by molar-refractivity contribution is 5.87. The highest BCUT2D eigenvalue weighted by Gasteiger charge is 2.44. The number of fused-ring (bicyclic) bond motifs is 1. The van der Waals surface area contributed by atoms with Crippen LogP contribution in [0.25, 0.3) is 0 Å². The van der Waals surface area contributed by atoms with Crippen LogP contribution < -0.4 is 11.5 Å². The van der Waals surface area contributed by atoms with E-state index in [1.807, 2.05) is 0 Å². The molecule has 0 aromatic carbocycles. The quantitative estimate of drug-likeness (QED) is 0.728. The van der Waals surface area contributed by atoms with Crippen LogP contribution >= 0.6 is 0 Å². The molecule has 0 aliphatic carbocycles. The molecule has 0 bridgehead atoms. The number of ether oxygens (including phenoxy) is 1. The Morgan fingerprint density at radius 2 is 2.16 bits per heavy atom. The summed E-state index contributed by atoms with van der Waals surface area (Å²) in [4.78, 5) is 24.7. The van der Waals surface area contributed by atoms with Crippen molar-refractivity contribution in [1.82, 2.24) is 4.90 Å². The van der Waals surface area contributed by atoms with E-state index in [0.717, 1.165) is 12.8 Å². The van der Waals surface area contributed by atoms with Gasteiger partial charge < -0.3 is 21.1 Å². The minimum atomic E-state index is -0.815. The Balaban J connectivity index is 1.94. The van der Waals surface area contributed by atoms with E-state index in [-0.39, 0.29) is 24.0 Å². The lowest BCUT2D eigenvalue weighted by Crippen LogP contribution is -2.51. The summed E-state index contributed by atoms with van der Waals surface area (Å²) in [6.07, 6.45) is 1.94. The molecule has 2 saturated heterocycles. The van der Waals surface area contributed by atoms with Gasteiger partial charge in [-0.15, -0.1) is 0 Å². The van der Waals surface area contributed by atoms with Crippen LogP contribution in [-0.2, 0) is 14.3 Å². The normalized spacial score (nSPS) is 30.8. The van der Waals surface area contributed by atoms with Gasteiger partial charge in [-0.05, 0) is 26.7 Å². The van der Waals surface area contributed by atoms with E-state index in [1.54, 1.807) is 4.90 Å². The van der Waals surface area contributed by atoms with Crippen molar-refractivity contribution in [2.24, 2.45) is 17.4 Å². The fraction of sp³-hybridized carbons (Fsp3) is 0.846. The van der Waals surface area contributed by atoms with Gasteiger partial charge in [0.25, 0.3) is 0 Å². The van der Waals surface area contributed by atoms with Crippen LogP contribution in [-0.4, -0.2) is 47.6 Å². The first-order valence-corrected chi connectivity index (χ1v) is 6.79. The van der Waals surface area contributed by atoms with Crippen molar-refractivity contribution in [3.8, 4) is 0 Å². The summed E-state index contributed by atoms with van der Waals surface area (Å²) in [5.74, 6) is -0.350. The van der Waals surface area contributed by atoms with Gasteiger partial charge in [-0.3, -0.25) is 9.59 Å². The molecule has 0 radical (unpaired) electrons. The number of nitrogens with zero attached hydrogens (tertiary/aromatic N) is 1. The SMILES string of the molecule is CC1(C)C[C@@H]2CN(C(=O)[C@H](N)CC(N)=O)CC[C@@H]2O1. The monoisotopic (exact) mass is 269 g/mol. The van der Waals surface area contributed by atoms with Crippen molar-refractivity contribution in [2.45, 2.75) is 50.9 Å². The van der Waals surface area contributed by atoms with Crippen molar-refractivity contribution in [2.75, 3.05) is 13.1 Å². The molecule has 108 valence electrons. The summed E-state index contributed by atoms with van der Waals surface area (Å²) in [5.41, 5.74) is 10.7. The lowest BCUT2D eigenvalue weighted by molar-refractivity contribution is -0.137. The first-order valence-electron chi connectivity index (χ1n) is 6.79. The van der Waals surface area contributed by atoms with Crippen molar-refractivity contribution in [1.29, 1.82) is 0 Å². The Morgan fingerprint density at radius 1 is 1.47 bits per heavy atom. The van der Waals surface area contributed by atoms with Crippen LogP contribution in [0.15, 0.2) is 0 Å². The first-order chi connectivity index (χ1) is 8.78. The van der Waals surface area contributed by atoms with Crippen LogP contribution in [0.1, 0.15) is 33.1 Å². The molecule has 2 rings (SSSR count). The summed E-state index contributed by atoms with van der Waals surface area (Å²) in [6.45, 7) is 5.47. The average molecular weight is 269 g/mol. The molecule has 4 N–H and O–H groups in total. The van der Waals surface area contributed by atoms with Gasteiger partial charge in [0, 0.05) is 19.0 Å². The second kappa shape index (κ2) is 5.09. The fourth-order valence-corrected chi connectivity index (χ4v) is 3.19. The second-order valence-electron chi connectivity index (χ2n) is 6.23. The molecular formula is C13H23N3O3. The van der Waals surface area contributed by atoms with E-state index in [0.29, 0.717) is 19.0 Å². The number of primary amides is 1. The van der Waals surface area contributed by atoms with E-state index in [9.17, 15) is 9.59 Å². The number of likely N-dealkylation sites (tertiary alicyclic amines) is 1. The van der Waals surface area contributed by atoms with Crippen LogP contribution in [0.5, 0.6) is 0 Å². The van der Waals surface area contributed by atoms with Gasteiger partial charge in [-0.25, -0.2) is 0 Å². The lowest BCUT2D eigenvalue weighted by Gasteiger charge is -2.35. The second-order valence-corrected chi connectivity index (χ2v) is 6.23. The molecule has 2 fully saturated rings. The van der Waals surface area contributed by atoms with Crippen LogP contribution in [0.4, 0.5) is 0 Å². The third-order valence-corrected chi connectivity index (χ3v) is 3.94. The zero-order valence-electron chi connectivity index (χ0n) is 11.6. The van der Waals surface area contributed by atoms with Gasteiger partial charge in [0.2, 0.25) is 11.8 Å². The summed E-state index contributed by atoms with van der Waals surface area (Å²) in [5, 5.41) is 0. The summed E-state index contributed by atoms with van der Waals surface area (Å²) in [6, 6.07) is -0.815. The van der Waals surface area contributed by atoms with Gasteiger partial charge in [0.15, 0.2) is 0 Å². The summed E-state index contributed by atoms with van der Waals surface area (Å²) in [7, 11) is 0. The van der Waals surface area contributed by atoms with E-state index in [2.05, 4.69) is 13.8 Å². The Morgan fingerprint density at radius 3 is 2.79 bits per heavy atom. The standard InChI is InChI=1S/C13H23N3O3/c1-13(2)6-8-7-16(4-3-10(8)19-13)12(18)9(14)5-11(15)17/h8-10H,3-7,14H2,1-2H3,(H2,15,17)/t8-,9-,10+/m1/s1. The Hall–Kier alpha value is -1.14. The molecule has 3 atom stereocenters. The molecule has 2 aliphatic rings. The first kappa shape index (κ1) is 14.3. The molecule has 0 spiro atoms. The minimum absolute atomic E-state index is 0.0918. The lowest BCUT2D eigenvalue weighted by atomic mass is 9.89. The number of nitrogens with two attached hydrogens (primary N) is 2. The molecule has 0 unspecified atom stereocenters. The Bertz CT molecular complexity index is 383. The number of piperidine rings is 1. The van der Waals surface area contributed by atoms with Crippen LogP contribution in [0.3, 0.4) is 0 Å². The number of hydrogen-bond donors (Lipinski definition) is 2. The molecule has 2 aliphatic heterocycles. The molecule has 0 aromatic heterocycles. The number of carbonyl (C=O) groups excluding carboxylic acids is 2. The fourth-order valence-electron chi connectivity index (χ4n) is 3.19. The highest BCUT2D eigenvalue weighted by atomic mass is 16.5. The van der Waals surface area contributed by atoms with Crippen LogP contribution in [0.2, 0.25) is 0 Å². The van der Waals surface area contributed by atoms with Gasteiger partial charge >= 0.3 is 0 Å². The third kappa shape index (κ3) is 3.25. The van der Waals surface area contributed by atoms with E-state index in [1.165, 1.54) is 0 Å². The molecule has 2 amide bonds. The van der Waals surface area contributed by atoms with Crippen molar-refractivity contribution < 1.29 is 14.3 Å². The maximum absolute atomic E-state index is 12.1. The topological polar surface area (TPSA) is 98.6 Å². The van der Waals surface area contributed by atoms with Gasteiger partial charge in [-0.2, -0.15) is 0 Å². The predicted octanol–water partition coefficient (Wildman–Crippen LogP) is -0.395. The molecule has 6 heteroatoms. The molecule has 2 heterocycles. The number of carbonyl (C=O) groups is 2. The average Bonchev–Trinajstić information content (AvgIpc) is 2.59.